The molecule has 0 heterocycles. The molecule has 0 saturated carbocycles. The zero-order chi connectivity index (χ0) is 12.8. The van der Waals surface area contributed by atoms with Crippen LogP contribution in [-0.2, 0) is 9.53 Å². The van der Waals surface area contributed by atoms with Crippen LogP contribution >= 0.6 is 27.7 Å². The Morgan fingerprint density at radius 2 is 2.35 bits per heavy atom. The van der Waals surface area contributed by atoms with Crippen LogP contribution in [0, 0.1) is 17.2 Å². The van der Waals surface area contributed by atoms with E-state index in [0.29, 0.717) is 11.3 Å². The van der Waals surface area contributed by atoms with Crippen molar-refractivity contribution < 1.29 is 9.53 Å². The zero-order valence-electron chi connectivity index (χ0n) is 9.57. The van der Waals surface area contributed by atoms with E-state index >= 15 is 0 Å². The highest BCUT2D eigenvalue weighted by atomic mass is 79.9. The van der Waals surface area contributed by atoms with Gasteiger partial charge in [0.15, 0.2) is 0 Å². The molecular formula is C12H12BrNO2S. The Morgan fingerprint density at radius 1 is 1.65 bits per heavy atom. The summed E-state index contributed by atoms with van der Waals surface area (Å²) < 4.78 is 5.43. The van der Waals surface area contributed by atoms with Crippen molar-refractivity contribution in [3.8, 4) is 6.07 Å². The van der Waals surface area contributed by atoms with E-state index < -0.39 is 0 Å². The molecule has 1 atom stereocenters. The quantitative estimate of drug-likeness (QED) is 0.632. The minimum absolute atomic E-state index is 0.139. The monoisotopic (exact) mass is 313 g/mol. The molecule has 0 aliphatic carbocycles. The van der Waals surface area contributed by atoms with E-state index in [2.05, 4.69) is 26.7 Å². The molecule has 5 heteroatoms. The third kappa shape index (κ3) is 4.06. The Kier molecular flexibility index (Phi) is 5.52. The smallest absolute Gasteiger partial charge is 0.309 e. The lowest BCUT2D eigenvalue weighted by Crippen LogP contribution is -2.14. The molecule has 0 fully saturated rings. The van der Waals surface area contributed by atoms with Crippen molar-refractivity contribution in [2.24, 2.45) is 5.92 Å². The third-order valence-corrected chi connectivity index (χ3v) is 4.07. The van der Waals surface area contributed by atoms with Crippen LogP contribution in [0.2, 0.25) is 0 Å². The summed E-state index contributed by atoms with van der Waals surface area (Å²) in [6, 6.07) is 7.60. The number of nitrogens with zero attached hydrogens (tertiary/aromatic N) is 1. The summed E-state index contributed by atoms with van der Waals surface area (Å²) in [6.45, 7) is 1.83. The van der Waals surface area contributed by atoms with Crippen LogP contribution in [0.5, 0.6) is 0 Å². The van der Waals surface area contributed by atoms with Crippen molar-refractivity contribution in [2.45, 2.75) is 11.8 Å². The van der Waals surface area contributed by atoms with Crippen LogP contribution in [0.1, 0.15) is 12.5 Å². The number of methoxy groups -OCH3 is 1. The lowest BCUT2D eigenvalue weighted by molar-refractivity contribution is -0.143. The maximum Gasteiger partial charge on any atom is 0.309 e. The molecule has 0 N–H and O–H groups in total. The number of hydrogen-bond donors (Lipinski definition) is 0. The predicted octanol–water partition coefficient (Wildman–Crippen LogP) is 3.22. The Morgan fingerprint density at radius 3 is 2.88 bits per heavy atom. The first-order chi connectivity index (χ1) is 8.08. The number of esters is 1. The average molecular weight is 314 g/mol. The Balaban J connectivity index is 2.62. The van der Waals surface area contributed by atoms with E-state index in [0.717, 1.165) is 9.37 Å². The van der Waals surface area contributed by atoms with Crippen molar-refractivity contribution in [3.63, 3.8) is 0 Å². The number of carbonyl (C=O) groups excluding carboxylic acids is 1. The second kappa shape index (κ2) is 6.67. The number of ether oxygens (including phenoxy) is 1. The van der Waals surface area contributed by atoms with Crippen LogP contribution < -0.4 is 0 Å². The first kappa shape index (κ1) is 14.1. The molecule has 0 saturated heterocycles. The number of hydrogen-bond acceptors (Lipinski definition) is 4. The van der Waals surface area contributed by atoms with E-state index in [-0.39, 0.29) is 11.9 Å². The van der Waals surface area contributed by atoms with E-state index in [1.165, 1.54) is 7.11 Å². The van der Waals surface area contributed by atoms with Gasteiger partial charge in [-0.1, -0.05) is 6.92 Å². The number of nitriles is 1. The number of carbonyl (C=O) groups is 1. The van der Waals surface area contributed by atoms with Gasteiger partial charge >= 0.3 is 5.97 Å². The fourth-order valence-electron chi connectivity index (χ4n) is 1.17. The van der Waals surface area contributed by atoms with Crippen molar-refractivity contribution >= 4 is 33.7 Å². The van der Waals surface area contributed by atoms with Crippen molar-refractivity contribution in [1.29, 1.82) is 5.26 Å². The largest absolute Gasteiger partial charge is 0.469 e. The van der Waals surface area contributed by atoms with Gasteiger partial charge in [-0.05, 0) is 34.1 Å². The molecule has 0 aliphatic heterocycles. The predicted molar refractivity (Wildman–Crippen MR) is 70.8 cm³/mol. The molecule has 0 radical (unpaired) electrons. The summed E-state index contributed by atoms with van der Waals surface area (Å²) in [6.07, 6.45) is 0. The van der Waals surface area contributed by atoms with Crippen molar-refractivity contribution in [3.05, 3.63) is 28.2 Å². The standard InChI is InChI=1S/C12H12BrNO2S/c1-8(12(15)16-2)7-17-10-4-3-9(6-14)11(13)5-10/h3-5,8H,7H2,1-2H3. The van der Waals surface area contributed by atoms with Gasteiger partial charge in [0.25, 0.3) is 0 Å². The Bertz CT molecular complexity index is 456. The molecule has 90 valence electrons. The fraction of sp³-hybridized carbons (Fsp3) is 0.333. The molecule has 0 bridgehead atoms. The molecule has 1 aromatic carbocycles. The first-order valence-electron chi connectivity index (χ1n) is 4.98. The molecule has 0 spiro atoms. The van der Waals surface area contributed by atoms with Gasteiger partial charge < -0.3 is 4.74 Å². The fourth-order valence-corrected chi connectivity index (χ4v) is 2.73. The summed E-state index contributed by atoms with van der Waals surface area (Å²) in [7, 11) is 1.39. The molecule has 1 aromatic rings. The van der Waals surface area contributed by atoms with Gasteiger partial charge in [0.2, 0.25) is 0 Å². The van der Waals surface area contributed by atoms with E-state index in [9.17, 15) is 4.79 Å². The SMILES string of the molecule is COC(=O)C(C)CSc1ccc(C#N)c(Br)c1. The molecule has 0 aromatic heterocycles. The lowest BCUT2D eigenvalue weighted by Gasteiger charge is -2.08. The topological polar surface area (TPSA) is 50.1 Å². The Hall–Kier alpha value is -0.990. The number of thioether (sulfide) groups is 1. The van der Waals surface area contributed by atoms with Gasteiger partial charge in [0, 0.05) is 15.1 Å². The van der Waals surface area contributed by atoms with Gasteiger partial charge in [-0.25, -0.2) is 0 Å². The van der Waals surface area contributed by atoms with E-state index in [1.54, 1.807) is 17.8 Å². The van der Waals surface area contributed by atoms with Crippen LogP contribution in [0.4, 0.5) is 0 Å². The number of rotatable bonds is 4. The maximum atomic E-state index is 11.2. The molecule has 0 amide bonds. The average Bonchev–Trinajstić information content (AvgIpc) is 2.35. The normalized spacial score (nSPS) is 11.6. The number of halogens is 1. The number of benzene rings is 1. The zero-order valence-corrected chi connectivity index (χ0v) is 12.0. The molecule has 0 aliphatic rings. The highest BCUT2D eigenvalue weighted by Gasteiger charge is 2.13. The second-order valence-electron chi connectivity index (χ2n) is 3.49. The Labute approximate surface area is 113 Å². The van der Waals surface area contributed by atoms with E-state index in [1.807, 2.05) is 19.1 Å². The second-order valence-corrected chi connectivity index (χ2v) is 5.44. The molecular weight excluding hydrogens is 302 g/mol. The molecule has 17 heavy (non-hydrogen) atoms. The summed E-state index contributed by atoms with van der Waals surface area (Å²) >= 11 is 4.89. The minimum atomic E-state index is -0.204. The van der Waals surface area contributed by atoms with Gasteiger partial charge in [-0.3, -0.25) is 4.79 Å². The van der Waals surface area contributed by atoms with Gasteiger partial charge in [0.1, 0.15) is 6.07 Å². The minimum Gasteiger partial charge on any atom is -0.469 e. The van der Waals surface area contributed by atoms with Crippen LogP contribution in [0.3, 0.4) is 0 Å². The lowest BCUT2D eigenvalue weighted by atomic mass is 10.2. The van der Waals surface area contributed by atoms with Crippen LogP contribution in [0.25, 0.3) is 0 Å². The van der Waals surface area contributed by atoms with Crippen molar-refractivity contribution in [1.82, 2.24) is 0 Å². The van der Waals surface area contributed by atoms with E-state index in [4.69, 9.17) is 5.26 Å². The summed E-state index contributed by atoms with van der Waals surface area (Å²) in [5.41, 5.74) is 0.607. The van der Waals surface area contributed by atoms with Gasteiger partial charge in [0.05, 0.1) is 18.6 Å². The van der Waals surface area contributed by atoms with Gasteiger partial charge in [-0.2, -0.15) is 5.26 Å². The highest BCUT2D eigenvalue weighted by molar-refractivity contribution is 9.10. The van der Waals surface area contributed by atoms with Crippen molar-refractivity contribution in [2.75, 3.05) is 12.9 Å². The summed E-state index contributed by atoms with van der Waals surface area (Å²) in [5.74, 6) is 0.315. The van der Waals surface area contributed by atoms with Crippen LogP contribution in [-0.4, -0.2) is 18.8 Å². The molecule has 3 nitrogen and oxygen atoms in total. The maximum absolute atomic E-state index is 11.2. The molecule has 1 rings (SSSR count). The summed E-state index contributed by atoms with van der Waals surface area (Å²) in [5, 5.41) is 8.78. The third-order valence-electron chi connectivity index (χ3n) is 2.16. The summed E-state index contributed by atoms with van der Waals surface area (Å²) in [4.78, 5) is 12.2. The molecule has 1 unspecified atom stereocenters. The highest BCUT2D eigenvalue weighted by Crippen LogP contribution is 2.26. The van der Waals surface area contributed by atoms with Crippen LogP contribution in [0.15, 0.2) is 27.6 Å². The first-order valence-corrected chi connectivity index (χ1v) is 6.76. The van der Waals surface area contributed by atoms with Gasteiger partial charge in [-0.15, -0.1) is 11.8 Å².